The van der Waals surface area contributed by atoms with Gasteiger partial charge < -0.3 is 5.11 Å². The number of fused-ring (bicyclic) bond motifs is 1. The zero-order valence-corrected chi connectivity index (χ0v) is 8.11. The van der Waals surface area contributed by atoms with Crippen molar-refractivity contribution in [2.75, 3.05) is 0 Å². The minimum Gasteiger partial charge on any atom is -0.384 e. The van der Waals surface area contributed by atoms with E-state index in [9.17, 15) is 5.11 Å². The van der Waals surface area contributed by atoms with Crippen molar-refractivity contribution < 1.29 is 5.11 Å². The smallest absolute Gasteiger partial charge is 0.0972 e. The first-order valence-corrected chi connectivity index (χ1v) is 4.89. The van der Waals surface area contributed by atoms with Crippen LogP contribution >= 0.6 is 0 Å². The Morgan fingerprint density at radius 3 is 2.86 bits per heavy atom. The molecule has 1 aliphatic carbocycles. The Bertz CT molecular complexity index is 377. The average molecular weight is 186 g/mol. The van der Waals surface area contributed by atoms with Crippen LogP contribution in [0, 0.1) is 0 Å². The maximum atomic E-state index is 9.74. The molecular formula is C13H14O. The Balaban J connectivity index is 2.47. The van der Waals surface area contributed by atoms with Crippen LogP contribution in [0.5, 0.6) is 0 Å². The Morgan fingerprint density at radius 2 is 2.07 bits per heavy atom. The van der Waals surface area contributed by atoms with Crippen LogP contribution < -0.4 is 0 Å². The topological polar surface area (TPSA) is 20.2 Å². The molecule has 1 nitrogen and oxygen atoms in total. The van der Waals surface area contributed by atoms with Gasteiger partial charge in [0.15, 0.2) is 0 Å². The number of rotatable bonds is 2. The Kier molecular flexibility index (Phi) is 2.51. The highest BCUT2D eigenvalue weighted by Gasteiger charge is 2.13. The molecular weight excluding hydrogens is 172 g/mol. The molecule has 0 fully saturated rings. The summed E-state index contributed by atoms with van der Waals surface area (Å²) in [5.74, 6) is 0. The lowest BCUT2D eigenvalue weighted by Gasteiger charge is -2.17. The first-order chi connectivity index (χ1) is 6.83. The van der Waals surface area contributed by atoms with E-state index in [1.807, 2.05) is 12.1 Å². The summed E-state index contributed by atoms with van der Waals surface area (Å²) in [5.41, 5.74) is 3.59. The first-order valence-electron chi connectivity index (χ1n) is 4.89. The summed E-state index contributed by atoms with van der Waals surface area (Å²) in [4.78, 5) is 0. The molecule has 0 heterocycles. The van der Waals surface area contributed by atoms with Crippen molar-refractivity contribution in [1.29, 1.82) is 0 Å². The molecule has 0 aliphatic heterocycles. The van der Waals surface area contributed by atoms with Crippen LogP contribution in [0.2, 0.25) is 0 Å². The van der Waals surface area contributed by atoms with Crippen molar-refractivity contribution in [2.45, 2.75) is 18.9 Å². The van der Waals surface area contributed by atoms with E-state index in [1.54, 1.807) is 6.08 Å². The molecule has 1 aromatic rings. The van der Waals surface area contributed by atoms with Crippen LogP contribution in [0.4, 0.5) is 0 Å². The van der Waals surface area contributed by atoms with Crippen molar-refractivity contribution in [3.63, 3.8) is 0 Å². The van der Waals surface area contributed by atoms with Crippen molar-refractivity contribution in [3.05, 3.63) is 59.7 Å². The highest BCUT2D eigenvalue weighted by atomic mass is 16.3. The Morgan fingerprint density at radius 1 is 1.29 bits per heavy atom. The van der Waals surface area contributed by atoms with Gasteiger partial charge in [-0.3, -0.25) is 0 Å². The molecule has 0 saturated heterocycles. The standard InChI is InChI=1S/C13H14O/c1-2-13(14)12-9-5-7-10-6-3-4-8-11(10)12/h2-5,7,9,13-14H,1,6,8H2. The van der Waals surface area contributed by atoms with Crippen molar-refractivity contribution in [3.8, 4) is 0 Å². The number of allylic oxidation sites excluding steroid dienone is 2. The van der Waals surface area contributed by atoms with E-state index in [0.29, 0.717) is 0 Å². The van der Waals surface area contributed by atoms with Crippen molar-refractivity contribution in [2.24, 2.45) is 0 Å². The van der Waals surface area contributed by atoms with Crippen LogP contribution in [0.3, 0.4) is 0 Å². The summed E-state index contributed by atoms with van der Waals surface area (Å²) in [5, 5.41) is 9.74. The van der Waals surface area contributed by atoms with Crippen LogP contribution in [0.25, 0.3) is 0 Å². The SMILES string of the molecule is C=CC(O)c1cccc2c1CC=CC2. The Labute approximate surface area is 84.4 Å². The summed E-state index contributed by atoms with van der Waals surface area (Å²) < 4.78 is 0. The van der Waals surface area contributed by atoms with E-state index in [-0.39, 0.29) is 0 Å². The van der Waals surface area contributed by atoms with Gasteiger partial charge in [-0.25, -0.2) is 0 Å². The van der Waals surface area contributed by atoms with Crippen LogP contribution in [-0.4, -0.2) is 5.11 Å². The minimum atomic E-state index is -0.531. The fourth-order valence-electron chi connectivity index (χ4n) is 1.91. The van der Waals surface area contributed by atoms with Crippen molar-refractivity contribution >= 4 is 0 Å². The second-order valence-electron chi connectivity index (χ2n) is 3.55. The van der Waals surface area contributed by atoms with Crippen LogP contribution in [0.1, 0.15) is 22.8 Å². The van der Waals surface area contributed by atoms with Crippen LogP contribution in [0.15, 0.2) is 43.0 Å². The lowest BCUT2D eigenvalue weighted by Crippen LogP contribution is -2.05. The molecule has 0 amide bonds. The van der Waals surface area contributed by atoms with Gasteiger partial charge in [0, 0.05) is 0 Å². The maximum absolute atomic E-state index is 9.74. The van der Waals surface area contributed by atoms with Gasteiger partial charge in [-0.05, 0) is 29.5 Å². The first kappa shape index (κ1) is 9.22. The molecule has 0 spiro atoms. The van der Waals surface area contributed by atoms with Gasteiger partial charge in [0.05, 0.1) is 6.10 Å². The van der Waals surface area contributed by atoms with E-state index in [4.69, 9.17) is 0 Å². The number of aliphatic hydroxyl groups excluding tert-OH is 1. The minimum absolute atomic E-state index is 0.531. The zero-order valence-electron chi connectivity index (χ0n) is 8.11. The molecule has 0 aromatic heterocycles. The summed E-state index contributed by atoms with van der Waals surface area (Å²) in [6, 6.07) is 6.10. The fraction of sp³-hybridized carbons (Fsp3) is 0.231. The molecule has 1 aromatic carbocycles. The van der Waals surface area contributed by atoms with E-state index in [0.717, 1.165) is 18.4 Å². The molecule has 2 rings (SSSR count). The van der Waals surface area contributed by atoms with Gasteiger partial charge in [-0.2, -0.15) is 0 Å². The molecule has 0 saturated carbocycles. The quantitative estimate of drug-likeness (QED) is 0.704. The predicted octanol–water partition coefficient (Wildman–Crippen LogP) is 2.56. The van der Waals surface area contributed by atoms with Gasteiger partial charge in [0.1, 0.15) is 0 Å². The summed E-state index contributed by atoms with van der Waals surface area (Å²) >= 11 is 0. The Hall–Kier alpha value is -1.34. The summed E-state index contributed by atoms with van der Waals surface area (Å²) in [7, 11) is 0. The fourth-order valence-corrected chi connectivity index (χ4v) is 1.91. The molecule has 0 bridgehead atoms. The third-order valence-electron chi connectivity index (χ3n) is 2.68. The number of aliphatic hydroxyl groups is 1. The molecule has 14 heavy (non-hydrogen) atoms. The molecule has 1 unspecified atom stereocenters. The molecule has 0 radical (unpaired) electrons. The number of hydrogen-bond acceptors (Lipinski definition) is 1. The van der Waals surface area contributed by atoms with E-state index in [2.05, 4.69) is 24.8 Å². The second kappa shape index (κ2) is 3.81. The highest BCUT2D eigenvalue weighted by molar-refractivity contribution is 5.42. The van der Waals surface area contributed by atoms with Gasteiger partial charge in [0.25, 0.3) is 0 Å². The summed E-state index contributed by atoms with van der Waals surface area (Å²) in [6.07, 6.45) is 7.28. The predicted molar refractivity (Wildman–Crippen MR) is 58.1 cm³/mol. The van der Waals surface area contributed by atoms with Gasteiger partial charge in [0.2, 0.25) is 0 Å². The second-order valence-corrected chi connectivity index (χ2v) is 3.55. The average Bonchev–Trinajstić information content (AvgIpc) is 2.27. The summed E-state index contributed by atoms with van der Waals surface area (Å²) in [6.45, 7) is 3.62. The molecule has 1 aliphatic rings. The molecule has 72 valence electrons. The molecule has 1 heteroatoms. The van der Waals surface area contributed by atoms with Crippen LogP contribution in [-0.2, 0) is 12.8 Å². The molecule has 1 N–H and O–H groups in total. The zero-order chi connectivity index (χ0) is 9.97. The van der Waals surface area contributed by atoms with E-state index in [1.165, 1.54) is 11.1 Å². The monoisotopic (exact) mass is 186 g/mol. The number of hydrogen-bond donors (Lipinski definition) is 1. The highest BCUT2D eigenvalue weighted by Crippen LogP contribution is 2.25. The van der Waals surface area contributed by atoms with Gasteiger partial charge in [-0.1, -0.05) is 36.4 Å². The van der Waals surface area contributed by atoms with Gasteiger partial charge in [-0.15, -0.1) is 6.58 Å². The van der Waals surface area contributed by atoms with Gasteiger partial charge >= 0.3 is 0 Å². The van der Waals surface area contributed by atoms with Crippen molar-refractivity contribution in [1.82, 2.24) is 0 Å². The third-order valence-corrected chi connectivity index (χ3v) is 2.68. The molecule has 1 atom stereocenters. The third kappa shape index (κ3) is 1.51. The lowest BCUT2D eigenvalue weighted by molar-refractivity contribution is 0.228. The van der Waals surface area contributed by atoms with E-state index < -0.39 is 6.10 Å². The largest absolute Gasteiger partial charge is 0.384 e. The normalized spacial score (nSPS) is 16.1. The number of benzene rings is 1. The lowest BCUT2D eigenvalue weighted by atomic mass is 9.90. The maximum Gasteiger partial charge on any atom is 0.0972 e. The van der Waals surface area contributed by atoms with E-state index >= 15 is 0 Å².